The van der Waals surface area contributed by atoms with Crippen molar-refractivity contribution in [2.24, 2.45) is 11.8 Å². The van der Waals surface area contributed by atoms with Gasteiger partial charge < -0.3 is 15.0 Å². The molecule has 0 spiro atoms. The van der Waals surface area contributed by atoms with Crippen LogP contribution in [-0.4, -0.2) is 50.6 Å². The first-order valence-corrected chi connectivity index (χ1v) is 6.10. The number of amides is 1. The number of carbonyl (C=O) groups is 2. The SMILES string of the molecule is CNC(=O)C1CCCN(CC(C)C(=O)OC)C1. The van der Waals surface area contributed by atoms with E-state index in [1.165, 1.54) is 7.11 Å². The van der Waals surface area contributed by atoms with Crippen molar-refractivity contribution < 1.29 is 14.3 Å². The Morgan fingerprint density at radius 2 is 2.24 bits per heavy atom. The van der Waals surface area contributed by atoms with E-state index in [1.54, 1.807) is 7.05 Å². The van der Waals surface area contributed by atoms with Gasteiger partial charge in [0.15, 0.2) is 0 Å². The minimum atomic E-state index is -0.188. The largest absolute Gasteiger partial charge is 0.469 e. The molecule has 1 aliphatic rings. The topological polar surface area (TPSA) is 58.6 Å². The van der Waals surface area contributed by atoms with E-state index in [1.807, 2.05) is 6.92 Å². The summed E-state index contributed by atoms with van der Waals surface area (Å²) in [6, 6.07) is 0. The summed E-state index contributed by atoms with van der Waals surface area (Å²) >= 11 is 0. The molecule has 0 bridgehead atoms. The van der Waals surface area contributed by atoms with Crippen molar-refractivity contribution in [3.05, 3.63) is 0 Å². The van der Waals surface area contributed by atoms with Crippen LogP contribution in [-0.2, 0) is 14.3 Å². The predicted octanol–water partition coefficient (Wildman–Crippen LogP) is 0.254. The predicted molar refractivity (Wildman–Crippen MR) is 64.4 cm³/mol. The molecule has 1 fully saturated rings. The fourth-order valence-electron chi connectivity index (χ4n) is 2.30. The molecule has 1 amide bonds. The molecule has 1 saturated heterocycles. The Hall–Kier alpha value is -1.10. The molecular weight excluding hydrogens is 220 g/mol. The molecule has 0 saturated carbocycles. The number of ether oxygens (including phenoxy) is 1. The number of likely N-dealkylation sites (tertiary alicyclic amines) is 1. The van der Waals surface area contributed by atoms with Crippen LogP contribution in [0.1, 0.15) is 19.8 Å². The minimum absolute atomic E-state index is 0.0543. The number of esters is 1. The first-order valence-electron chi connectivity index (χ1n) is 6.10. The maximum Gasteiger partial charge on any atom is 0.309 e. The fraction of sp³-hybridized carbons (Fsp3) is 0.833. The van der Waals surface area contributed by atoms with E-state index in [0.29, 0.717) is 6.54 Å². The summed E-state index contributed by atoms with van der Waals surface area (Å²) in [5.41, 5.74) is 0. The molecule has 2 atom stereocenters. The van der Waals surface area contributed by atoms with E-state index in [4.69, 9.17) is 4.74 Å². The minimum Gasteiger partial charge on any atom is -0.469 e. The van der Waals surface area contributed by atoms with Gasteiger partial charge in [0.05, 0.1) is 18.9 Å². The van der Waals surface area contributed by atoms with Crippen molar-refractivity contribution in [2.75, 3.05) is 33.8 Å². The first kappa shape index (κ1) is 14.0. The van der Waals surface area contributed by atoms with Gasteiger partial charge >= 0.3 is 5.97 Å². The molecule has 17 heavy (non-hydrogen) atoms. The lowest BCUT2D eigenvalue weighted by Crippen LogP contribution is -2.44. The van der Waals surface area contributed by atoms with Crippen LogP contribution in [0.5, 0.6) is 0 Å². The third-order valence-corrected chi connectivity index (χ3v) is 3.26. The van der Waals surface area contributed by atoms with Crippen LogP contribution in [0.25, 0.3) is 0 Å². The molecule has 0 radical (unpaired) electrons. The van der Waals surface area contributed by atoms with Gasteiger partial charge in [0, 0.05) is 20.1 Å². The standard InChI is InChI=1S/C12H22N2O3/c1-9(12(16)17-3)7-14-6-4-5-10(8-14)11(15)13-2/h9-10H,4-8H2,1-3H3,(H,13,15). The van der Waals surface area contributed by atoms with Crippen LogP contribution >= 0.6 is 0 Å². The zero-order valence-electron chi connectivity index (χ0n) is 10.9. The second-order valence-corrected chi connectivity index (χ2v) is 4.64. The Labute approximate surface area is 102 Å². The lowest BCUT2D eigenvalue weighted by Gasteiger charge is -2.32. The number of piperidine rings is 1. The summed E-state index contributed by atoms with van der Waals surface area (Å²) in [5, 5.41) is 2.69. The molecule has 1 heterocycles. The molecule has 0 aromatic rings. The van der Waals surface area contributed by atoms with Crippen LogP contribution in [0.2, 0.25) is 0 Å². The highest BCUT2D eigenvalue weighted by molar-refractivity contribution is 5.78. The van der Waals surface area contributed by atoms with E-state index in [9.17, 15) is 9.59 Å². The van der Waals surface area contributed by atoms with Gasteiger partial charge in [0.2, 0.25) is 5.91 Å². The van der Waals surface area contributed by atoms with Crippen molar-refractivity contribution >= 4 is 11.9 Å². The third-order valence-electron chi connectivity index (χ3n) is 3.26. The number of methoxy groups -OCH3 is 1. The van der Waals surface area contributed by atoms with Gasteiger partial charge in [0.25, 0.3) is 0 Å². The summed E-state index contributed by atoms with van der Waals surface area (Å²) in [7, 11) is 3.07. The Morgan fingerprint density at radius 3 is 2.82 bits per heavy atom. The molecule has 1 rings (SSSR count). The molecule has 98 valence electrons. The zero-order chi connectivity index (χ0) is 12.8. The Balaban J connectivity index is 2.44. The van der Waals surface area contributed by atoms with Crippen molar-refractivity contribution in [1.29, 1.82) is 0 Å². The highest BCUT2D eigenvalue weighted by Crippen LogP contribution is 2.17. The van der Waals surface area contributed by atoms with Crippen molar-refractivity contribution in [3.63, 3.8) is 0 Å². The number of hydrogen-bond acceptors (Lipinski definition) is 4. The Bertz CT molecular complexity index is 279. The number of carbonyl (C=O) groups excluding carboxylic acids is 2. The highest BCUT2D eigenvalue weighted by Gasteiger charge is 2.27. The highest BCUT2D eigenvalue weighted by atomic mass is 16.5. The van der Waals surface area contributed by atoms with E-state index < -0.39 is 0 Å². The summed E-state index contributed by atoms with van der Waals surface area (Å²) < 4.78 is 4.70. The van der Waals surface area contributed by atoms with Crippen LogP contribution in [0, 0.1) is 11.8 Å². The number of rotatable bonds is 4. The van der Waals surface area contributed by atoms with Gasteiger partial charge in [-0.1, -0.05) is 6.92 Å². The Morgan fingerprint density at radius 1 is 1.53 bits per heavy atom. The van der Waals surface area contributed by atoms with E-state index in [-0.39, 0.29) is 23.7 Å². The molecule has 5 nitrogen and oxygen atoms in total. The maximum atomic E-state index is 11.6. The van der Waals surface area contributed by atoms with Crippen LogP contribution in [0.3, 0.4) is 0 Å². The molecule has 0 aromatic carbocycles. The van der Waals surface area contributed by atoms with Gasteiger partial charge in [0.1, 0.15) is 0 Å². The Kier molecular flexibility index (Phi) is 5.41. The van der Waals surface area contributed by atoms with E-state index in [0.717, 1.165) is 25.9 Å². The van der Waals surface area contributed by atoms with Crippen LogP contribution < -0.4 is 5.32 Å². The van der Waals surface area contributed by atoms with E-state index in [2.05, 4.69) is 10.2 Å². The molecule has 5 heteroatoms. The maximum absolute atomic E-state index is 11.6. The molecule has 2 unspecified atom stereocenters. The van der Waals surface area contributed by atoms with Crippen LogP contribution in [0.15, 0.2) is 0 Å². The summed E-state index contributed by atoms with van der Waals surface area (Å²) in [5.74, 6) is -0.172. The summed E-state index contributed by atoms with van der Waals surface area (Å²) in [6.07, 6.45) is 1.94. The van der Waals surface area contributed by atoms with Gasteiger partial charge in [-0.05, 0) is 19.4 Å². The third kappa shape index (κ3) is 4.00. The average Bonchev–Trinajstić information content (AvgIpc) is 2.37. The van der Waals surface area contributed by atoms with Crippen molar-refractivity contribution in [1.82, 2.24) is 10.2 Å². The molecule has 1 N–H and O–H groups in total. The molecule has 0 aromatic heterocycles. The number of nitrogens with zero attached hydrogens (tertiary/aromatic N) is 1. The second-order valence-electron chi connectivity index (χ2n) is 4.64. The van der Waals surface area contributed by atoms with E-state index >= 15 is 0 Å². The van der Waals surface area contributed by atoms with Gasteiger partial charge in [-0.2, -0.15) is 0 Å². The van der Waals surface area contributed by atoms with Crippen molar-refractivity contribution in [2.45, 2.75) is 19.8 Å². The summed E-state index contributed by atoms with van der Waals surface area (Å²) in [6.45, 7) is 4.21. The smallest absolute Gasteiger partial charge is 0.309 e. The normalized spacial score (nSPS) is 22.9. The fourth-order valence-corrected chi connectivity index (χ4v) is 2.30. The molecular formula is C12H22N2O3. The lowest BCUT2D eigenvalue weighted by molar-refractivity contribution is -0.145. The van der Waals surface area contributed by atoms with Gasteiger partial charge in [-0.3, -0.25) is 9.59 Å². The van der Waals surface area contributed by atoms with Crippen molar-refractivity contribution in [3.8, 4) is 0 Å². The lowest BCUT2D eigenvalue weighted by atomic mass is 9.96. The van der Waals surface area contributed by atoms with Crippen LogP contribution in [0.4, 0.5) is 0 Å². The van der Waals surface area contributed by atoms with Gasteiger partial charge in [-0.15, -0.1) is 0 Å². The van der Waals surface area contributed by atoms with Gasteiger partial charge in [-0.25, -0.2) is 0 Å². The zero-order valence-corrected chi connectivity index (χ0v) is 10.9. The molecule has 1 aliphatic heterocycles. The number of nitrogens with one attached hydrogen (secondary N) is 1. The average molecular weight is 242 g/mol. The summed E-state index contributed by atoms with van der Waals surface area (Å²) in [4.78, 5) is 25.1. The quantitative estimate of drug-likeness (QED) is 0.718. The second kappa shape index (κ2) is 6.59. The number of hydrogen-bond donors (Lipinski definition) is 1. The first-order chi connectivity index (χ1) is 8.08. The monoisotopic (exact) mass is 242 g/mol. The molecule has 0 aliphatic carbocycles.